The largest absolute Gasteiger partial charge is 0.409 e. The first-order valence-electron chi connectivity index (χ1n) is 6.39. The Labute approximate surface area is 121 Å². The number of amides is 1. The van der Waals surface area contributed by atoms with Crippen molar-refractivity contribution in [1.82, 2.24) is 5.32 Å². The lowest BCUT2D eigenvalue weighted by Gasteiger charge is -2.17. The average molecular weight is 296 g/mol. The summed E-state index contributed by atoms with van der Waals surface area (Å²) in [7, 11) is 0. The summed E-state index contributed by atoms with van der Waals surface area (Å²) >= 11 is 0. The van der Waals surface area contributed by atoms with Gasteiger partial charge in [-0.2, -0.15) is 0 Å². The fourth-order valence-electron chi connectivity index (χ4n) is 2.07. The first-order chi connectivity index (χ1) is 10.0. The summed E-state index contributed by atoms with van der Waals surface area (Å²) in [5.74, 6) is -0.973. The molecule has 1 aromatic carbocycles. The average Bonchev–Trinajstić information content (AvgIpc) is 2.93. The van der Waals surface area contributed by atoms with Gasteiger partial charge in [0.2, 0.25) is 5.91 Å². The fourth-order valence-corrected chi connectivity index (χ4v) is 2.07. The highest BCUT2D eigenvalue weighted by Crippen LogP contribution is 2.22. The Hall–Kier alpha value is -2.35. The molecule has 1 amide bonds. The van der Waals surface area contributed by atoms with Gasteiger partial charge in [0.15, 0.2) is 5.84 Å². The summed E-state index contributed by atoms with van der Waals surface area (Å²) in [5.41, 5.74) is 6.04. The normalized spacial score (nSPS) is 18.9. The van der Waals surface area contributed by atoms with E-state index in [0.717, 1.165) is 0 Å². The number of anilines is 1. The van der Waals surface area contributed by atoms with E-state index < -0.39 is 5.82 Å². The summed E-state index contributed by atoms with van der Waals surface area (Å²) in [6.07, 6.45) is -0.138. The van der Waals surface area contributed by atoms with E-state index in [1.54, 1.807) is 6.07 Å². The minimum Gasteiger partial charge on any atom is -0.409 e. The predicted molar refractivity (Wildman–Crippen MR) is 74.7 cm³/mol. The van der Waals surface area contributed by atoms with Crippen LogP contribution in [-0.2, 0) is 9.53 Å². The molecule has 8 heteroatoms. The van der Waals surface area contributed by atoms with Gasteiger partial charge in [-0.05, 0) is 18.2 Å². The topological polar surface area (TPSA) is 100 Å². The van der Waals surface area contributed by atoms with E-state index in [4.69, 9.17) is 15.7 Å². The molecule has 114 valence electrons. The Morgan fingerprint density at radius 3 is 3.05 bits per heavy atom. The molecule has 21 heavy (non-hydrogen) atoms. The third-order valence-electron chi connectivity index (χ3n) is 3.17. The number of hydrogen-bond donors (Lipinski definition) is 3. The number of halogens is 1. The van der Waals surface area contributed by atoms with Gasteiger partial charge in [-0.25, -0.2) is 4.39 Å². The van der Waals surface area contributed by atoms with Crippen molar-refractivity contribution >= 4 is 17.4 Å². The number of carbonyl (C=O) groups is 1. The number of rotatable bonds is 4. The molecule has 1 aliphatic heterocycles. The molecule has 1 saturated heterocycles. The van der Waals surface area contributed by atoms with Crippen molar-refractivity contribution in [2.75, 3.05) is 24.7 Å². The third-order valence-corrected chi connectivity index (χ3v) is 3.17. The lowest BCUT2D eigenvalue weighted by molar-refractivity contribution is -0.119. The zero-order valence-corrected chi connectivity index (χ0v) is 11.5. The number of benzene rings is 1. The van der Waals surface area contributed by atoms with Crippen LogP contribution in [-0.4, -0.2) is 42.9 Å². The molecule has 0 unspecified atom stereocenters. The van der Waals surface area contributed by atoms with Crippen molar-refractivity contribution in [3.63, 3.8) is 0 Å². The van der Waals surface area contributed by atoms with Gasteiger partial charge in [0.25, 0.3) is 0 Å². The smallest absolute Gasteiger partial charge is 0.216 e. The molecule has 1 aliphatic rings. The van der Waals surface area contributed by atoms with Crippen molar-refractivity contribution in [3.05, 3.63) is 29.6 Å². The molecule has 1 atom stereocenters. The van der Waals surface area contributed by atoms with E-state index >= 15 is 0 Å². The van der Waals surface area contributed by atoms with Crippen molar-refractivity contribution in [2.45, 2.75) is 13.0 Å². The molecule has 1 heterocycles. The van der Waals surface area contributed by atoms with Crippen LogP contribution >= 0.6 is 0 Å². The van der Waals surface area contributed by atoms with Crippen LogP contribution in [0.5, 0.6) is 0 Å². The van der Waals surface area contributed by atoms with Crippen LogP contribution in [0.3, 0.4) is 0 Å². The van der Waals surface area contributed by atoms with Crippen LogP contribution in [0.15, 0.2) is 23.4 Å². The van der Waals surface area contributed by atoms with Crippen LogP contribution < -0.4 is 16.0 Å². The number of carbonyl (C=O) groups excluding carboxylic acids is 1. The van der Waals surface area contributed by atoms with E-state index in [1.165, 1.54) is 19.1 Å². The number of nitrogens with one attached hydrogen (secondary N) is 1. The highest BCUT2D eigenvalue weighted by molar-refractivity contribution is 5.97. The second-order valence-corrected chi connectivity index (χ2v) is 4.73. The second-order valence-electron chi connectivity index (χ2n) is 4.73. The third kappa shape index (κ3) is 3.60. The molecular formula is C13H17FN4O3. The zero-order valence-electron chi connectivity index (χ0n) is 11.5. The molecule has 2 rings (SSSR count). The van der Waals surface area contributed by atoms with Crippen molar-refractivity contribution < 1.29 is 19.1 Å². The van der Waals surface area contributed by atoms with E-state index in [0.29, 0.717) is 25.5 Å². The molecule has 1 aromatic rings. The van der Waals surface area contributed by atoms with Gasteiger partial charge in [-0.15, -0.1) is 0 Å². The lowest BCUT2D eigenvalue weighted by Crippen LogP contribution is -2.33. The van der Waals surface area contributed by atoms with Crippen LogP contribution in [0.2, 0.25) is 0 Å². The van der Waals surface area contributed by atoms with Gasteiger partial charge in [-0.3, -0.25) is 4.79 Å². The Morgan fingerprint density at radius 2 is 2.43 bits per heavy atom. The zero-order chi connectivity index (χ0) is 15.4. The van der Waals surface area contributed by atoms with Gasteiger partial charge >= 0.3 is 0 Å². The Bertz CT molecular complexity index is 564. The Balaban J connectivity index is 2.03. The van der Waals surface area contributed by atoms with Gasteiger partial charge in [0.05, 0.1) is 11.7 Å². The van der Waals surface area contributed by atoms with E-state index in [9.17, 15) is 9.18 Å². The number of nitrogens with two attached hydrogens (primary N) is 1. The number of oxime groups is 1. The standard InChI is InChI=1S/C13H17FN4O3/c1-8(19)16-5-10-6-18(7-21-10)9-2-3-11(12(14)4-9)13(15)17-20/h2-4,10,20H,5-7H2,1H3,(H2,15,17)(H,16,19)/t10-/m0/s1. The van der Waals surface area contributed by atoms with Crippen molar-refractivity contribution in [2.24, 2.45) is 10.9 Å². The molecule has 1 fully saturated rings. The number of hydrogen-bond acceptors (Lipinski definition) is 5. The SMILES string of the molecule is CC(=O)NC[C@H]1CN(c2ccc(/C(N)=N/O)c(F)c2)CO1. The van der Waals surface area contributed by atoms with Crippen molar-refractivity contribution in [1.29, 1.82) is 0 Å². The minimum absolute atomic E-state index is 0.0381. The van der Waals surface area contributed by atoms with Gasteiger partial charge in [0.1, 0.15) is 12.5 Å². The van der Waals surface area contributed by atoms with Crippen LogP contribution in [0, 0.1) is 5.82 Å². The highest BCUT2D eigenvalue weighted by Gasteiger charge is 2.24. The maximum Gasteiger partial charge on any atom is 0.216 e. The molecule has 4 N–H and O–H groups in total. The molecular weight excluding hydrogens is 279 g/mol. The summed E-state index contributed by atoms with van der Waals surface area (Å²) in [6.45, 7) is 2.71. The number of nitrogens with zero attached hydrogens (tertiary/aromatic N) is 2. The Morgan fingerprint density at radius 1 is 1.67 bits per heavy atom. The second kappa shape index (κ2) is 6.40. The monoisotopic (exact) mass is 296 g/mol. The maximum absolute atomic E-state index is 13.9. The lowest BCUT2D eigenvalue weighted by atomic mass is 10.1. The fraction of sp³-hybridized carbons (Fsp3) is 0.385. The number of ether oxygens (including phenoxy) is 1. The highest BCUT2D eigenvalue weighted by atomic mass is 19.1. The minimum atomic E-state index is -0.576. The first kappa shape index (κ1) is 15.0. The quantitative estimate of drug-likeness (QED) is 0.319. The van der Waals surface area contributed by atoms with Crippen molar-refractivity contribution in [3.8, 4) is 0 Å². The summed E-state index contributed by atoms with van der Waals surface area (Å²) in [6, 6.07) is 4.42. The predicted octanol–water partition coefficient (Wildman–Crippen LogP) is 0.219. The molecule has 0 aliphatic carbocycles. The van der Waals surface area contributed by atoms with E-state index in [-0.39, 0.29) is 23.4 Å². The van der Waals surface area contributed by atoms with Crippen LogP contribution in [0.1, 0.15) is 12.5 Å². The first-order valence-corrected chi connectivity index (χ1v) is 6.39. The molecule has 0 bridgehead atoms. The van der Waals surface area contributed by atoms with Crippen LogP contribution in [0.4, 0.5) is 10.1 Å². The van der Waals surface area contributed by atoms with Gasteiger partial charge in [0, 0.05) is 25.7 Å². The maximum atomic E-state index is 13.9. The molecule has 0 saturated carbocycles. The molecule has 7 nitrogen and oxygen atoms in total. The Kier molecular flexibility index (Phi) is 4.59. The summed E-state index contributed by atoms with van der Waals surface area (Å²) in [4.78, 5) is 12.7. The van der Waals surface area contributed by atoms with E-state index in [1.807, 2.05) is 4.90 Å². The summed E-state index contributed by atoms with van der Waals surface area (Å²) < 4.78 is 19.4. The van der Waals surface area contributed by atoms with Crippen LogP contribution in [0.25, 0.3) is 0 Å². The molecule has 0 radical (unpaired) electrons. The molecule has 0 aromatic heterocycles. The molecule has 0 spiro atoms. The van der Waals surface area contributed by atoms with Gasteiger partial charge < -0.3 is 25.9 Å². The van der Waals surface area contributed by atoms with E-state index in [2.05, 4.69) is 10.5 Å². The summed E-state index contributed by atoms with van der Waals surface area (Å²) in [5, 5.41) is 14.0. The number of amidine groups is 1. The van der Waals surface area contributed by atoms with Gasteiger partial charge in [-0.1, -0.05) is 5.16 Å².